The number of ether oxygens (including phenoxy) is 1. The Kier molecular flexibility index (Phi) is 7.36. The molecule has 0 aliphatic heterocycles. The first kappa shape index (κ1) is 19.7. The number of hydrogen-bond donors (Lipinski definition) is 2. The van der Waals surface area contributed by atoms with Crippen molar-refractivity contribution >= 4 is 11.9 Å². The highest BCUT2D eigenvalue weighted by Gasteiger charge is 2.23. The molecule has 0 aromatic heterocycles. The number of esters is 1. The second-order valence-corrected chi connectivity index (χ2v) is 6.27. The van der Waals surface area contributed by atoms with Crippen molar-refractivity contribution < 1.29 is 14.3 Å². The Morgan fingerprint density at radius 1 is 1.08 bits per heavy atom. The number of hydrogen-bond acceptors (Lipinski definition) is 4. The predicted octanol–water partition coefficient (Wildman–Crippen LogP) is 2.53. The van der Waals surface area contributed by atoms with E-state index in [0.717, 1.165) is 16.7 Å². The van der Waals surface area contributed by atoms with Crippen LogP contribution in [0.2, 0.25) is 0 Å². The number of nitrogens with one attached hydrogen (secondary N) is 1. The molecule has 2 unspecified atom stereocenters. The van der Waals surface area contributed by atoms with E-state index in [0.29, 0.717) is 13.0 Å². The van der Waals surface area contributed by atoms with Gasteiger partial charge in [0.1, 0.15) is 6.04 Å². The molecule has 1 amide bonds. The molecule has 138 valence electrons. The molecule has 0 aliphatic carbocycles. The second kappa shape index (κ2) is 9.73. The number of nitrogens with two attached hydrogens (primary N) is 1. The number of carbonyl (C=O) groups excluding carboxylic acids is 2. The highest BCUT2D eigenvalue weighted by Crippen LogP contribution is 2.13. The lowest BCUT2D eigenvalue weighted by molar-refractivity contribution is -0.147. The summed E-state index contributed by atoms with van der Waals surface area (Å²) in [6, 6.07) is 16.4. The van der Waals surface area contributed by atoms with E-state index in [1.165, 1.54) is 0 Å². The third-order valence-electron chi connectivity index (χ3n) is 4.19. The SMILES string of the molecule is CCOC(=O)C(CNC(=O)C(N)c1ccc(C)cc1)Cc1ccccc1. The van der Waals surface area contributed by atoms with Gasteiger partial charge in [0, 0.05) is 6.54 Å². The topological polar surface area (TPSA) is 81.4 Å². The summed E-state index contributed by atoms with van der Waals surface area (Å²) in [6.45, 7) is 4.24. The van der Waals surface area contributed by atoms with Gasteiger partial charge >= 0.3 is 5.97 Å². The molecule has 3 N–H and O–H groups in total. The van der Waals surface area contributed by atoms with Crippen molar-refractivity contribution in [3.8, 4) is 0 Å². The summed E-state index contributed by atoms with van der Waals surface area (Å²) in [5.74, 6) is -1.08. The van der Waals surface area contributed by atoms with E-state index in [1.807, 2.05) is 61.5 Å². The number of benzene rings is 2. The molecule has 2 aromatic rings. The van der Waals surface area contributed by atoms with Crippen LogP contribution in [-0.4, -0.2) is 25.0 Å². The second-order valence-electron chi connectivity index (χ2n) is 6.27. The lowest BCUT2D eigenvalue weighted by Crippen LogP contribution is -2.39. The predicted molar refractivity (Wildman–Crippen MR) is 101 cm³/mol. The van der Waals surface area contributed by atoms with E-state index in [9.17, 15) is 9.59 Å². The lowest BCUT2D eigenvalue weighted by atomic mass is 9.99. The summed E-state index contributed by atoms with van der Waals surface area (Å²) >= 11 is 0. The molecule has 2 rings (SSSR count). The number of carbonyl (C=O) groups is 2. The number of rotatable bonds is 8. The van der Waals surface area contributed by atoms with Gasteiger partial charge in [-0.2, -0.15) is 0 Å². The van der Waals surface area contributed by atoms with Crippen LogP contribution in [0.4, 0.5) is 0 Å². The van der Waals surface area contributed by atoms with Crippen LogP contribution in [0.1, 0.15) is 29.7 Å². The van der Waals surface area contributed by atoms with Crippen molar-refractivity contribution in [2.45, 2.75) is 26.3 Å². The monoisotopic (exact) mass is 354 g/mol. The van der Waals surface area contributed by atoms with Gasteiger partial charge in [-0.1, -0.05) is 60.2 Å². The van der Waals surface area contributed by atoms with Crippen LogP contribution in [0.5, 0.6) is 0 Å². The van der Waals surface area contributed by atoms with Crippen LogP contribution in [0.3, 0.4) is 0 Å². The van der Waals surface area contributed by atoms with Crippen molar-refractivity contribution in [3.63, 3.8) is 0 Å². The van der Waals surface area contributed by atoms with Crippen LogP contribution >= 0.6 is 0 Å². The average molecular weight is 354 g/mol. The van der Waals surface area contributed by atoms with E-state index in [4.69, 9.17) is 10.5 Å². The Hall–Kier alpha value is -2.66. The van der Waals surface area contributed by atoms with Gasteiger partial charge in [-0.05, 0) is 31.4 Å². The van der Waals surface area contributed by atoms with Gasteiger partial charge in [-0.15, -0.1) is 0 Å². The number of amides is 1. The molecular weight excluding hydrogens is 328 g/mol. The molecular formula is C21H26N2O3. The highest BCUT2D eigenvalue weighted by atomic mass is 16.5. The molecule has 5 nitrogen and oxygen atoms in total. The van der Waals surface area contributed by atoms with E-state index in [2.05, 4.69) is 5.32 Å². The minimum atomic E-state index is -0.768. The standard InChI is InChI=1S/C21H26N2O3/c1-3-26-21(25)18(13-16-7-5-4-6-8-16)14-23-20(24)19(22)17-11-9-15(2)10-12-17/h4-12,18-19H,3,13-14,22H2,1-2H3,(H,23,24). The summed E-state index contributed by atoms with van der Waals surface area (Å²) in [5, 5.41) is 2.79. The quantitative estimate of drug-likeness (QED) is 0.714. The fraction of sp³-hybridized carbons (Fsp3) is 0.333. The summed E-state index contributed by atoms with van der Waals surface area (Å²) in [4.78, 5) is 24.6. The minimum absolute atomic E-state index is 0.187. The fourth-order valence-electron chi connectivity index (χ4n) is 2.66. The first-order valence-corrected chi connectivity index (χ1v) is 8.81. The zero-order valence-corrected chi connectivity index (χ0v) is 15.3. The smallest absolute Gasteiger partial charge is 0.311 e. The van der Waals surface area contributed by atoms with Crippen molar-refractivity contribution in [1.29, 1.82) is 0 Å². The van der Waals surface area contributed by atoms with E-state index < -0.39 is 12.0 Å². The van der Waals surface area contributed by atoms with Crippen LogP contribution in [0, 0.1) is 12.8 Å². The van der Waals surface area contributed by atoms with Gasteiger partial charge in [-0.25, -0.2) is 0 Å². The summed E-state index contributed by atoms with van der Waals surface area (Å²) in [6.07, 6.45) is 0.500. The molecule has 5 heteroatoms. The Labute approximate surface area is 154 Å². The van der Waals surface area contributed by atoms with Gasteiger partial charge in [0.15, 0.2) is 0 Å². The van der Waals surface area contributed by atoms with Crippen molar-refractivity contribution in [2.75, 3.05) is 13.2 Å². The van der Waals surface area contributed by atoms with Gasteiger partial charge in [0.05, 0.1) is 12.5 Å². The van der Waals surface area contributed by atoms with Crippen molar-refractivity contribution in [1.82, 2.24) is 5.32 Å². The Morgan fingerprint density at radius 2 is 1.73 bits per heavy atom. The first-order chi connectivity index (χ1) is 12.5. The van der Waals surface area contributed by atoms with Gasteiger partial charge in [0.2, 0.25) is 5.91 Å². The molecule has 0 saturated carbocycles. The van der Waals surface area contributed by atoms with Gasteiger partial charge in [0.25, 0.3) is 0 Å². The molecule has 0 spiro atoms. The fourth-order valence-corrected chi connectivity index (χ4v) is 2.66. The number of aryl methyl sites for hydroxylation is 1. The zero-order valence-electron chi connectivity index (χ0n) is 15.3. The largest absolute Gasteiger partial charge is 0.466 e. The maximum atomic E-state index is 12.4. The normalized spacial score (nSPS) is 12.9. The van der Waals surface area contributed by atoms with Crippen LogP contribution in [0.25, 0.3) is 0 Å². The lowest BCUT2D eigenvalue weighted by Gasteiger charge is -2.18. The average Bonchev–Trinajstić information content (AvgIpc) is 2.65. The van der Waals surface area contributed by atoms with Crippen LogP contribution in [0.15, 0.2) is 54.6 Å². The Bertz CT molecular complexity index is 714. The van der Waals surface area contributed by atoms with E-state index >= 15 is 0 Å². The van der Waals surface area contributed by atoms with Gasteiger partial charge < -0.3 is 15.8 Å². The third-order valence-corrected chi connectivity index (χ3v) is 4.19. The molecule has 0 saturated heterocycles. The molecule has 0 heterocycles. The minimum Gasteiger partial charge on any atom is -0.466 e. The molecule has 0 aliphatic rings. The molecule has 2 aromatic carbocycles. The third kappa shape index (κ3) is 5.70. The summed E-state index contributed by atoms with van der Waals surface area (Å²) in [5.41, 5.74) is 8.89. The van der Waals surface area contributed by atoms with Crippen molar-refractivity contribution in [2.24, 2.45) is 11.7 Å². The van der Waals surface area contributed by atoms with Crippen LogP contribution in [-0.2, 0) is 20.7 Å². The molecule has 0 bridgehead atoms. The zero-order chi connectivity index (χ0) is 18.9. The van der Waals surface area contributed by atoms with E-state index in [1.54, 1.807) is 6.92 Å². The van der Waals surface area contributed by atoms with Crippen LogP contribution < -0.4 is 11.1 Å². The summed E-state index contributed by atoms with van der Waals surface area (Å²) < 4.78 is 5.15. The maximum Gasteiger partial charge on any atom is 0.311 e. The van der Waals surface area contributed by atoms with Gasteiger partial charge in [-0.3, -0.25) is 9.59 Å². The van der Waals surface area contributed by atoms with Crippen molar-refractivity contribution in [3.05, 3.63) is 71.3 Å². The Balaban J connectivity index is 1.99. The van der Waals surface area contributed by atoms with E-state index in [-0.39, 0.29) is 18.4 Å². The first-order valence-electron chi connectivity index (χ1n) is 8.81. The Morgan fingerprint density at radius 3 is 2.35 bits per heavy atom. The summed E-state index contributed by atoms with van der Waals surface area (Å²) in [7, 11) is 0. The molecule has 0 radical (unpaired) electrons. The maximum absolute atomic E-state index is 12.4. The molecule has 26 heavy (non-hydrogen) atoms. The molecule has 2 atom stereocenters. The molecule has 0 fully saturated rings. The highest BCUT2D eigenvalue weighted by molar-refractivity contribution is 5.83.